The van der Waals surface area contributed by atoms with E-state index in [0.717, 1.165) is 16.9 Å². The van der Waals surface area contributed by atoms with Crippen molar-refractivity contribution in [2.75, 3.05) is 18.1 Å². The maximum absolute atomic E-state index is 11.5. The minimum Gasteiger partial charge on any atom is -0.493 e. The van der Waals surface area contributed by atoms with Gasteiger partial charge in [0, 0.05) is 0 Å². The Labute approximate surface area is 104 Å². The molecule has 4 heteroatoms. The molecule has 0 N–H and O–H groups in total. The molecule has 0 aliphatic rings. The highest BCUT2D eigenvalue weighted by molar-refractivity contribution is 7.91. The van der Waals surface area contributed by atoms with Crippen LogP contribution in [0.5, 0.6) is 5.75 Å². The Balaban J connectivity index is 2.51. The van der Waals surface area contributed by atoms with Crippen LogP contribution in [0.15, 0.2) is 18.2 Å². The Kier molecular flexibility index (Phi) is 5.00. The lowest BCUT2D eigenvalue weighted by molar-refractivity contribution is 0.340. The van der Waals surface area contributed by atoms with E-state index in [0.29, 0.717) is 6.42 Å². The lowest BCUT2D eigenvalue weighted by atomic mass is 10.1. The molecule has 0 heterocycles. The number of sulfone groups is 1. The third-order valence-corrected chi connectivity index (χ3v) is 4.19. The van der Waals surface area contributed by atoms with Gasteiger partial charge >= 0.3 is 0 Å². The second-order valence-corrected chi connectivity index (χ2v) is 6.63. The van der Waals surface area contributed by atoms with E-state index in [1.54, 1.807) is 0 Å². The number of aryl methyl sites for hydroxylation is 2. The van der Waals surface area contributed by atoms with Gasteiger partial charge in [-0.05, 0) is 43.5 Å². The zero-order chi connectivity index (χ0) is 12.9. The lowest BCUT2D eigenvalue weighted by Crippen LogP contribution is -2.16. The van der Waals surface area contributed by atoms with Crippen molar-refractivity contribution in [1.29, 1.82) is 0 Å². The summed E-state index contributed by atoms with van der Waals surface area (Å²) in [6, 6.07) is 5.89. The molecule has 0 fully saturated rings. The molecule has 1 aromatic carbocycles. The van der Waals surface area contributed by atoms with Crippen LogP contribution in [0.25, 0.3) is 0 Å². The van der Waals surface area contributed by atoms with E-state index in [9.17, 15) is 8.42 Å². The number of benzene rings is 1. The van der Waals surface area contributed by atoms with Crippen LogP contribution in [0.4, 0.5) is 0 Å². The van der Waals surface area contributed by atoms with Crippen molar-refractivity contribution >= 4 is 9.84 Å². The SMILES string of the molecule is CCCS(=O)(=O)CCOc1cc(C)cc(C)c1. The van der Waals surface area contributed by atoms with Gasteiger partial charge in [-0.2, -0.15) is 0 Å². The summed E-state index contributed by atoms with van der Waals surface area (Å²) in [6.45, 7) is 6.08. The van der Waals surface area contributed by atoms with Gasteiger partial charge in [-0.3, -0.25) is 0 Å². The number of ether oxygens (including phenoxy) is 1. The summed E-state index contributed by atoms with van der Waals surface area (Å²) in [6.07, 6.45) is 0.659. The molecule has 0 bridgehead atoms. The molecule has 0 atom stereocenters. The molecule has 17 heavy (non-hydrogen) atoms. The molecule has 0 aliphatic heterocycles. The van der Waals surface area contributed by atoms with Crippen LogP contribution in [0.2, 0.25) is 0 Å². The van der Waals surface area contributed by atoms with Gasteiger partial charge in [-0.15, -0.1) is 0 Å². The largest absolute Gasteiger partial charge is 0.493 e. The average molecular weight is 256 g/mol. The van der Waals surface area contributed by atoms with Crippen molar-refractivity contribution in [2.45, 2.75) is 27.2 Å². The summed E-state index contributed by atoms with van der Waals surface area (Å²) < 4.78 is 28.4. The summed E-state index contributed by atoms with van der Waals surface area (Å²) >= 11 is 0. The summed E-state index contributed by atoms with van der Waals surface area (Å²) in [5.74, 6) is 1.08. The van der Waals surface area contributed by atoms with Crippen LogP contribution in [0.3, 0.4) is 0 Å². The van der Waals surface area contributed by atoms with Gasteiger partial charge in [-0.25, -0.2) is 8.42 Å². The highest BCUT2D eigenvalue weighted by Crippen LogP contribution is 2.16. The van der Waals surface area contributed by atoms with Crippen molar-refractivity contribution in [3.05, 3.63) is 29.3 Å². The normalized spacial score (nSPS) is 11.5. The van der Waals surface area contributed by atoms with Crippen LogP contribution in [0, 0.1) is 13.8 Å². The monoisotopic (exact) mass is 256 g/mol. The molecule has 0 radical (unpaired) electrons. The van der Waals surface area contributed by atoms with Gasteiger partial charge < -0.3 is 4.74 Å². The van der Waals surface area contributed by atoms with E-state index < -0.39 is 9.84 Å². The van der Waals surface area contributed by atoms with Crippen molar-refractivity contribution < 1.29 is 13.2 Å². The molecular weight excluding hydrogens is 236 g/mol. The van der Waals surface area contributed by atoms with Gasteiger partial charge in [0.15, 0.2) is 9.84 Å². The first-order chi connectivity index (χ1) is 7.93. The predicted molar refractivity (Wildman–Crippen MR) is 70.4 cm³/mol. The summed E-state index contributed by atoms with van der Waals surface area (Å²) in [7, 11) is -2.95. The molecule has 0 aromatic heterocycles. The third-order valence-electron chi connectivity index (χ3n) is 2.37. The molecule has 0 amide bonds. The van der Waals surface area contributed by atoms with Crippen molar-refractivity contribution in [2.24, 2.45) is 0 Å². The number of hydrogen-bond donors (Lipinski definition) is 0. The predicted octanol–water partition coefficient (Wildman–Crippen LogP) is 2.51. The van der Waals surface area contributed by atoms with E-state index in [1.165, 1.54) is 0 Å². The Bertz CT molecular complexity index is 443. The second kappa shape index (κ2) is 6.05. The van der Waals surface area contributed by atoms with Gasteiger partial charge in [0.1, 0.15) is 12.4 Å². The first-order valence-electron chi connectivity index (χ1n) is 5.84. The zero-order valence-electron chi connectivity index (χ0n) is 10.7. The summed E-state index contributed by atoms with van der Waals surface area (Å²) in [5.41, 5.74) is 2.24. The van der Waals surface area contributed by atoms with E-state index in [2.05, 4.69) is 6.07 Å². The highest BCUT2D eigenvalue weighted by Gasteiger charge is 2.09. The lowest BCUT2D eigenvalue weighted by Gasteiger charge is -2.08. The van der Waals surface area contributed by atoms with Crippen molar-refractivity contribution in [3.63, 3.8) is 0 Å². The van der Waals surface area contributed by atoms with Crippen molar-refractivity contribution in [3.8, 4) is 5.75 Å². The molecule has 0 saturated heterocycles. The molecule has 96 valence electrons. The average Bonchev–Trinajstić information content (AvgIpc) is 2.15. The Morgan fingerprint density at radius 3 is 2.18 bits per heavy atom. The Hall–Kier alpha value is -1.03. The van der Waals surface area contributed by atoms with E-state index in [1.807, 2.05) is 32.9 Å². The minimum atomic E-state index is -2.95. The Morgan fingerprint density at radius 2 is 1.65 bits per heavy atom. The summed E-state index contributed by atoms with van der Waals surface area (Å²) in [5, 5.41) is 0. The van der Waals surface area contributed by atoms with Gasteiger partial charge in [0.05, 0.1) is 11.5 Å². The fourth-order valence-electron chi connectivity index (χ4n) is 1.72. The minimum absolute atomic E-state index is 0.0911. The van der Waals surface area contributed by atoms with Gasteiger partial charge in [-0.1, -0.05) is 13.0 Å². The van der Waals surface area contributed by atoms with E-state index in [4.69, 9.17) is 4.74 Å². The van der Waals surface area contributed by atoms with E-state index >= 15 is 0 Å². The standard InChI is InChI=1S/C13H20O3S/c1-4-6-17(14,15)7-5-16-13-9-11(2)8-12(3)10-13/h8-10H,4-7H2,1-3H3. The maximum Gasteiger partial charge on any atom is 0.153 e. The topological polar surface area (TPSA) is 43.4 Å². The van der Waals surface area contributed by atoms with Crippen LogP contribution >= 0.6 is 0 Å². The molecule has 1 rings (SSSR count). The Morgan fingerprint density at radius 1 is 1.06 bits per heavy atom. The number of hydrogen-bond acceptors (Lipinski definition) is 3. The maximum atomic E-state index is 11.5. The molecule has 0 unspecified atom stereocenters. The van der Waals surface area contributed by atoms with Crippen LogP contribution in [-0.2, 0) is 9.84 Å². The second-order valence-electron chi connectivity index (χ2n) is 4.32. The highest BCUT2D eigenvalue weighted by atomic mass is 32.2. The molecule has 0 aliphatic carbocycles. The fraction of sp³-hybridized carbons (Fsp3) is 0.538. The fourth-order valence-corrected chi connectivity index (χ4v) is 2.88. The van der Waals surface area contributed by atoms with Crippen molar-refractivity contribution in [1.82, 2.24) is 0 Å². The quantitative estimate of drug-likeness (QED) is 0.785. The number of rotatable bonds is 6. The van der Waals surface area contributed by atoms with Gasteiger partial charge in [0.25, 0.3) is 0 Å². The summed E-state index contributed by atoms with van der Waals surface area (Å²) in [4.78, 5) is 0. The van der Waals surface area contributed by atoms with Crippen LogP contribution < -0.4 is 4.74 Å². The van der Waals surface area contributed by atoms with Gasteiger partial charge in [0.2, 0.25) is 0 Å². The first-order valence-corrected chi connectivity index (χ1v) is 7.66. The molecule has 0 spiro atoms. The molecule has 3 nitrogen and oxygen atoms in total. The third kappa shape index (κ3) is 5.22. The first kappa shape index (κ1) is 14.0. The molecular formula is C13H20O3S. The van der Waals surface area contributed by atoms with Crippen LogP contribution in [0.1, 0.15) is 24.5 Å². The molecule has 1 aromatic rings. The van der Waals surface area contributed by atoms with E-state index in [-0.39, 0.29) is 18.1 Å². The zero-order valence-corrected chi connectivity index (χ0v) is 11.5. The smallest absolute Gasteiger partial charge is 0.153 e. The molecule has 0 saturated carbocycles. The van der Waals surface area contributed by atoms with Crippen LogP contribution in [-0.4, -0.2) is 26.5 Å².